The summed E-state index contributed by atoms with van der Waals surface area (Å²) in [6.07, 6.45) is 13.8. The van der Waals surface area contributed by atoms with E-state index in [1.807, 2.05) is 6.92 Å². The van der Waals surface area contributed by atoms with Crippen molar-refractivity contribution in [3.8, 4) is 0 Å². The topological polar surface area (TPSA) is 52.6 Å². The normalized spacial score (nSPS) is 11.8. The molecule has 0 saturated heterocycles. The van der Waals surface area contributed by atoms with Gasteiger partial charge in [-0.05, 0) is 50.5 Å². The van der Waals surface area contributed by atoms with Crippen LogP contribution < -0.4 is 0 Å². The first-order valence-electron chi connectivity index (χ1n) is 11.6. The summed E-state index contributed by atoms with van der Waals surface area (Å²) < 4.78 is 10.8. The molecule has 29 heavy (non-hydrogen) atoms. The Hall–Kier alpha value is -1.84. The van der Waals surface area contributed by atoms with Crippen LogP contribution >= 0.6 is 0 Å². The molecule has 0 radical (unpaired) electrons. The minimum absolute atomic E-state index is 0.0916. The van der Waals surface area contributed by atoms with E-state index in [1.54, 1.807) is 24.3 Å². The molecule has 164 valence electrons. The highest BCUT2D eigenvalue weighted by molar-refractivity contribution is 5.93. The third kappa shape index (κ3) is 11.7. The van der Waals surface area contributed by atoms with Crippen molar-refractivity contribution in [1.29, 1.82) is 0 Å². The van der Waals surface area contributed by atoms with Gasteiger partial charge in [-0.25, -0.2) is 9.59 Å². The molecular weight excluding hydrogens is 364 g/mol. The molecule has 0 amide bonds. The van der Waals surface area contributed by atoms with Gasteiger partial charge in [0.2, 0.25) is 0 Å². The van der Waals surface area contributed by atoms with E-state index >= 15 is 0 Å². The van der Waals surface area contributed by atoms with Crippen LogP contribution in [0.15, 0.2) is 24.3 Å². The van der Waals surface area contributed by atoms with Gasteiger partial charge >= 0.3 is 11.9 Å². The van der Waals surface area contributed by atoms with E-state index in [0.717, 1.165) is 25.7 Å². The Morgan fingerprint density at radius 1 is 0.724 bits per heavy atom. The van der Waals surface area contributed by atoms with Gasteiger partial charge in [-0.1, -0.05) is 71.6 Å². The molecular formula is C25H40O4. The van der Waals surface area contributed by atoms with Crippen LogP contribution in [0, 0.1) is 0 Å². The van der Waals surface area contributed by atoms with Gasteiger partial charge in [0.15, 0.2) is 0 Å². The zero-order valence-corrected chi connectivity index (χ0v) is 18.7. The quantitative estimate of drug-likeness (QED) is 0.218. The summed E-state index contributed by atoms with van der Waals surface area (Å²) in [5.74, 6) is -0.670. The Morgan fingerprint density at radius 3 is 1.79 bits per heavy atom. The molecule has 0 aliphatic rings. The Morgan fingerprint density at radius 2 is 1.21 bits per heavy atom. The van der Waals surface area contributed by atoms with Crippen LogP contribution in [-0.2, 0) is 9.47 Å². The maximum absolute atomic E-state index is 12.3. The summed E-state index contributed by atoms with van der Waals surface area (Å²) >= 11 is 0. The number of ether oxygens (including phenoxy) is 2. The van der Waals surface area contributed by atoms with Crippen LogP contribution in [0.2, 0.25) is 0 Å². The molecule has 0 aliphatic heterocycles. The lowest BCUT2D eigenvalue weighted by molar-refractivity contribution is 0.0318. The minimum Gasteiger partial charge on any atom is -0.462 e. The highest BCUT2D eigenvalue weighted by Crippen LogP contribution is 2.13. The molecule has 0 N–H and O–H groups in total. The maximum atomic E-state index is 12.3. The number of hydrogen-bond acceptors (Lipinski definition) is 4. The fourth-order valence-electron chi connectivity index (χ4n) is 3.22. The Balaban J connectivity index is 2.29. The lowest BCUT2D eigenvalue weighted by Crippen LogP contribution is -2.15. The molecule has 0 fully saturated rings. The molecule has 0 aromatic heterocycles. The molecule has 0 bridgehead atoms. The standard InChI is InChI=1S/C25H40O4/c1-4-6-8-10-11-13-15-21(3)29-25(27)23-18-16-22(17-19-23)24(26)28-20-14-12-9-7-5-2/h16-19,21H,4-15,20H2,1-3H3. The molecule has 1 atom stereocenters. The lowest BCUT2D eigenvalue weighted by Gasteiger charge is -2.13. The summed E-state index contributed by atoms with van der Waals surface area (Å²) in [6.45, 7) is 6.78. The Bertz CT molecular complexity index is 565. The van der Waals surface area contributed by atoms with E-state index in [-0.39, 0.29) is 18.0 Å². The first-order chi connectivity index (χ1) is 14.1. The van der Waals surface area contributed by atoms with Crippen LogP contribution in [0.25, 0.3) is 0 Å². The summed E-state index contributed by atoms with van der Waals surface area (Å²) in [6, 6.07) is 6.54. The Labute approximate surface area is 177 Å². The number of carbonyl (C=O) groups excluding carboxylic acids is 2. The third-order valence-corrected chi connectivity index (χ3v) is 5.11. The first-order valence-corrected chi connectivity index (χ1v) is 11.6. The highest BCUT2D eigenvalue weighted by atomic mass is 16.5. The largest absolute Gasteiger partial charge is 0.462 e. The summed E-state index contributed by atoms with van der Waals surface area (Å²) in [5.41, 5.74) is 0.936. The molecule has 1 unspecified atom stereocenters. The maximum Gasteiger partial charge on any atom is 0.338 e. The first kappa shape index (κ1) is 25.2. The molecule has 0 saturated carbocycles. The van der Waals surface area contributed by atoms with Gasteiger partial charge in [0.1, 0.15) is 0 Å². The van der Waals surface area contributed by atoms with Gasteiger partial charge in [0.25, 0.3) is 0 Å². The summed E-state index contributed by atoms with van der Waals surface area (Å²) in [4.78, 5) is 24.3. The second-order valence-corrected chi connectivity index (χ2v) is 7.90. The number of esters is 2. The van der Waals surface area contributed by atoms with E-state index in [0.29, 0.717) is 17.7 Å². The molecule has 4 nitrogen and oxygen atoms in total. The number of carbonyl (C=O) groups is 2. The molecule has 1 aromatic rings. The summed E-state index contributed by atoms with van der Waals surface area (Å²) in [7, 11) is 0. The predicted octanol–water partition coefficient (Wildman–Crippen LogP) is 7.11. The van der Waals surface area contributed by atoms with Gasteiger partial charge in [0.05, 0.1) is 23.8 Å². The van der Waals surface area contributed by atoms with Crippen molar-refractivity contribution < 1.29 is 19.1 Å². The van der Waals surface area contributed by atoms with Crippen molar-refractivity contribution in [3.63, 3.8) is 0 Å². The summed E-state index contributed by atoms with van der Waals surface area (Å²) in [5, 5.41) is 0. The SMILES string of the molecule is CCCCCCCCC(C)OC(=O)c1ccc(C(=O)OCCCCCCC)cc1. The monoisotopic (exact) mass is 404 g/mol. The van der Waals surface area contributed by atoms with Crippen molar-refractivity contribution in [2.45, 2.75) is 104 Å². The predicted molar refractivity (Wildman–Crippen MR) is 118 cm³/mol. The fourth-order valence-corrected chi connectivity index (χ4v) is 3.22. The number of unbranched alkanes of at least 4 members (excludes halogenated alkanes) is 9. The van der Waals surface area contributed by atoms with Crippen molar-refractivity contribution in [2.75, 3.05) is 6.61 Å². The number of hydrogen-bond donors (Lipinski definition) is 0. The van der Waals surface area contributed by atoms with E-state index in [4.69, 9.17) is 9.47 Å². The van der Waals surface area contributed by atoms with Gasteiger partial charge in [0, 0.05) is 0 Å². The van der Waals surface area contributed by atoms with Gasteiger partial charge < -0.3 is 9.47 Å². The molecule has 0 aliphatic carbocycles. The van der Waals surface area contributed by atoms with E-state index in [1.165, 1.54) is 51.4 Å². The molecule has 4 heteroatoms. The second kappa shape index (κ2) is 16.0. The zero-order valence-electron chi connectivity index (χ0n) is 18.7. The third-order valence-electron chi connectivity index (χ3n) is 5.11. The second-order valence-electron chi connectivity index (χ2n) is 7.90. The number of benzene rings is 1. The number of rotatable bonds is 16. The molecule has 1 rings (SSSR count). The van der Waals surface area contributed by atoms with E-state index < -0.39 is 0 Å². The van der Waals surface area contributed by atoms with Crippen LogP contribution in [0.3, 0.4) is 0 Å². The van der Waals surface area contributed by atoms with Gasteiger partial charge in [-0.2, -0.15) is 0 Å². The van der Waals surface area contributed by atoms with E-state index in [2.05, 4.69) is 13.8 Å². The molecule has 0 spiro atoms. The minimum atomic E-state index is -0.336. The fraction of sp³-hybridized carbons (Fsp3) is 0.680. The van der Waals surface area contributed by atoms with Crippen molar-refractivity contribution in [1.82, 2.24) is 0 Å². The lowest BCUT2D eigenvalue weighted by atomic mass is 10.1. The van der Waals surface area contributed by atoms with Crippen LogP contribution in [0.5, 0.6) is 0 Å². The zero-order chi connectivity index (χ0) is 21.3. The molecule has 0 heterocycles. The smallest absolute Gasteiger partial charge is 0.338 e. The van der Waals surface area contributed by atoms with Crippen molar-refractivity contribution in [2.24, 2.45) is 0 Å². The van der Waals surface area contributed by atoms with E-state index in [9.17, 15) is 9.59 Å². The van der Waals surface area contributed by atoms with Crippen LogP contribution in [0.4, 0.5) is 0 Å². The van der Waals surface area contributed by atoms with Gasteiger partial charge in [-0.3, -0.25) is 0 Å². The van der Waals surface area contributed by atoms with Gasteiger partial charge in [-0.15, -0.1) is 0 Å². The highest BCUT2D eigenvalue weighted by Gasteiger charge is 2.13. The Kier molecular flexibility index (Phi) is 13.9. The van der Waals surface area contributed by atoms with Crippen molar-refractivity contribution >= 4 is 11.9 Å². The van der Waals surface area contributed by atoms with Crippen LogP contribution in [-0.4, -0.2) is 24.6 Å². The average molecular weight is 405 g/mol. The van der Waals surface area contributed by atoms with Crippen molar-refractivity contribution in [3.05, 3.63) is 35.4 Å². The molecule has 1 aromatic carbocycles. The average Bonchev–Trinajstić information content (AvgIpc) is 2.73. The van der Waals surface area contributed by atoms with Crippen LogP contribution in [0.1, 0.15) is 119 Å².